The average molecular weight is 215 g/mol. The summed E-state index contributed by atoms with van der Waals surface area (Å²) < 4.78 is 5.20. The fraction of sp³-hybridized carbons (Fsp3) is 1.00. The Balaban J connectivity index is 2.38. The van der Waals surface area contributed by atoms with E-state index in [1.165, 1.54) is 0 Å². The number of aliphatic hydroxyl groups excluding tert-OH is 1. The Bertz CT molecular complexity index is 188. The standard InChI is InChI=1S/C12H25NO2/c1-5-6-9(8-15-4)13-10-7-11(14)12(10,2)3/h9-11,13-14H,5-8H2,1-4H3. The molecule has 1 fully saturated rings. The number of hydrogen-bond donors (Lipinski definition) is 2. The van der Waals surface area contributed by atoms with E-state index >= 15 is 0 Å². The molecular weight excluding hydrogens is 190 g/mol. The monoisotopic (exact) mass is 215 g/mol. The second-order valence-corrected chi connectivity index (χ2v) is 5.23. The minimum atomic E-state index is -0.153. The van der Waals surface area contributed by atoms with Crippen LogP contribution in [0.5, 0.6) is 0 Å². The Hall–Kier alpha value is -0.120. The second-order valence-electron chi connectivity index (χ2n) is 5.23. The van der Waals surface area contributed by atoms with Gasteiger partial charge < -0.3 is 15.2 Å². The van der Waals surface area contributed by atoms with Gasteiger partial charge in [-0.3, -0.25) is 0 Å². The molecule has 0 amide bonds. The highest BCUT2D eigenvalue weighted by molar-refractivity contribution is 5.02. The first-order valence-corrected chi connectivity index (χ1v) is 5.95. The lowest BCUT2D eigenvalue weighted by Crippen LogP contribution is -2.62. The van der Waals surface area contributed by atoms with Gasteiger partial charge in [0, 0.05) is 24.6 Å². The van der Waals surface area contributed by atoms with Crippen molar-refractivity contribution in [1.29, 1.82) is 0 Å². The summed E-state index contributed by atoms with van der Waals surface area (Å²) in [6, 6.07) is 0.857. The zero-order chi connectivity index (χ0) is 11.5. The number of rotatable bonds is 6. The molecule has 3 heteroatoms. The van der Waals surface area contributed by atoms with Gasteiger partial charge in [0.1, 0.15) is 0 Å². The van der Waals surface area contributed by atoms with E-state index in [1.54, 1.807) is 7.11 Å². The van der Waals surface area contributed by atoms with E-state index in [0.29, 0.717) is 12.1 Å². The quantitative estimate of drug-likeness (QED) is 0.706. The van der Waals surface area contributed by atoms with Crippen LogP contribution >= 0.6 is 0 Å². The van der Waals surface area contributed by atoms with E-state index in [2.05, 4.69) is 26.1 Å². The van der Waals surface area contributed by atoms with Crippen molar-refractivity contribution in [2.75, 3.05) is 13.7 Å². The van der Waals surface area contributed by atoms with Crippen molar-refractivity contribution >= 4 is 0 Å². The number of hydrogen-bond acceptors (Lipinski definition) is 3. The first kappa shape index (κ1) is 12.9. The Morgan fingerprint density at radius 2 is 2.20 bits per heavy atom. The van der Waals surface area contributed by atoms with Gasteiger partial charge in [-0.05, 0) is 12.8 Å². The van der Waals surface area contributed by atoms with Crippen molar-refractivity contribution in [3.8, 4) is 0 Å². The highest BCUT2D eigenvalue weighted by Crippen LogP contribution is 2.40. The van der Waals surface area contributed by atoms with Crippen LogP contribution in [0.3, 0.4) is 0 Å². The molecule has 1 rings (SSSR count). The maximum atomic E-state index is 9.65. The molecule has 0 radical (unpaired) electrons. The lowest BCUT2D eigenvalue weighted by molar-refractivity contribution is -0.0784. The van der Waals surface area contributed by atoms with Crippen LogP contribution in [0.2, 0.25) is 0 Å². The predicted octanol–water partition coefficient (Wildman–Crippen LogP) is 1.55. The molecule has 0 heterocycles. The summed E-state index contributed by atoms with van der Waals surface area (Å²) in [6.07, 6.45) is 3.02. The van der Waals surface area contributed by atoms with E-state index in [-0.39, 0.29) is 11.5 Å². The number of aliphatic hydroxyl groups is 1. The molecule has 0 aromatic carbocycles. The summed E-state index contributed by atoms with van der Waals surface area (Å²) in [7, 11) is 1.74. The Morgan fingerprint density at radius 3 is 2.60 bits per heavy atom. The van der Waals surface area contributed by atoms with E-state index in [0.717, 1.165) is 25.9 Å². The molecule has 0 aromatic rings. The molecule has 2 N–H and O–H groups in total. The van der Waals surface area contributed by atoms with Crippen molar-refractivity contribution in [3.63, 3.8) is 0 Å². The lowest BCUT2D eigenvalue weighted by atomic mass is 9.64. The summed E-state index contributed by atoms with van der Waals surface area (Å²) in [6.45, 7) is 7.19. The summed E-state index contributed by atoms with van der Waals surface area (Å²) in [4.78, 5) is 0. The van der Waals surface area contributed by atoms with Gasteiger partial charge in [0.15, 0.2) is 0 Å². The molecule has 1 aliphatic carbocycles. The summed E-state index contributed by atoms with van der Waals surface area (Å²) in [5, 5.41) is 13.2. The number of nitrogens with one attached hydrogen (secondary N) is 1. The van der Waals surface area contributed by atoms with Gasteiger partial charge in [0.25, 0.3) is 0 Å². The maximum absolute atomic E-state index is 9.65. The Labute approximate surface area is 93.2 Å². The van der Waals surface area contributed by atoms with Crippen molar-refractivity contribution in [3.05, 3.63) is 0 Å². The van der Waals surface area contributed by atoms with Crippen molar-refractivity contribution in [2.24, 2.45) is 5.41 Å². The average Bonchev–Trinajstić information content (AvgIpc) is 2.18. The normalized spacial score (nSPS) is 31.0. The molecule has 0 aliphatic heterocycles. The topological polar surface area (TPSA) is 41.5 Å². The molecule has 0 aromatic heterocycles. The molecule has 0 saturated heterocycles. The molecule has 3 unspecified atom stereocenters. The summed E-state index contributed by atoms with van der Waals surface area (Å²) in [5.41, 5.74) is 0.0136. The van der Waals surface area contributed by atoms with Crippen LogP contribution < -0.4 is 5.32 Å². The molecule has 1 saturated carbocycles. The number of methoxy groups -OCH3 is 1. The van der Waals surface area contributed by atoms with Crippen LogP contribution in [0.25, 0.3) is 0 Å². The van der Waals surface area contributed by atoms with Gasteiger partial charge in [-0.25, -0.2) is 0 Å². The zero-order valence-corrected chi connectivity index (χ0v) is 10.4. The molecular formula is C12H25NO2. The Morgan fingerprint density at radius 1 is 1.53 bits per heavy atom. The molecule has 90 valence electrons. The van der Waals surface area contributed by atoms with Gasteiger partial charge in [-0.1, -0.05) is 27.2 Å². The smallest absolute Gasteiger partial charge is 0.0621 e. The van der Waals surface area contributed by atoms with Crippen molar-refractivity contribution < 1.29 is 9.84 Å². The SMILES string of the molecule is CCCC(COC)NC1CC(O)C1(C)C. The van der Waals surface area contributed by atoms with E-state index < -0.39 is 0 Å². The fourth-order valence-electron chi connectivity index (χ4n) is 2.23. The third-order valence-corrected chi connectivity index (χ3v) is 3.66. The molecule has 3 atom stereocenters. The first-order chi connectivity index (χ1) is 7.02. The number of ether oxygens (including phenoxy) is 1. The first-order valence-electron chi connectivity index (χ1n) is 5.95. The molecule has 1 aliphatic rings. The minimum Gasteiger partial charge on any atom is -0.392 e. The van der Waals surface area contributed by atoms with Crippen LogP contribution in [0.15, 0.2) is 0 Å². The summed E-state index contributed by atoms with van der Waals surface area (Å²) in [5.74, 6) is 0. The van der Waals surface area contributed by atoms with Crippen LogP contribution in [0.1, 0.15) is 40.0 Å². The zero-order valence-electron chi connectivity index (χ0n) is 10.4. The third-order valence-electron chi connectivity index (χ3n) is 3.66. The van der Waals surface area contributed by atoms with Gasteiger partial charge in [0.2, 0.25) is 0 Å². The van der Waals surface area contributed by atoms with E-state index in [4.69, 9.17) is 4.74 Å². The lowest BCUT2D eigenvalue weighted by Gasteiger charge is -2.51. The van der Waals surface area contributed by atoms with Gasteiger partial charge >= 0.3 is 0 Å². The van der Waals surface area contributed by atoms with Crippen LogP contribution in [0, 0.1) is 5.41 Å². The minimum absolute atomic E-state index is 0.0136. The highest BCUT2D eigenvalue weighted by Gasteiger charge is 2.47. The highest BCUT2D eigenvalue weighted by atomic mass is 16.5. The molecule has 3 nitrogen and oxygen atoms in total. The van der Waals surface area contributed by atoms with Gasteiger partial charge in [-0.2, -0.15) is 0 Å². The van der Waals surface area contributed by atoms with Crippen LogP contribution in [0.4, 0.5) is 0 Å². The van der Waals surface area contributed by atoms with Crippen molar-refractivity contribution in [2.45, 2.75) is 58.2 Å². The second kappa shape index (κ2) is 5.28. The van der Waals surface area contributed by atoms with Gasteiger partial charge in [0.05, 0.1) is 12.7 Å². The van der Waals surface area contributed by atoms with E-state index in [9.17, 15) is 5.11 Å². The molecule has 15 heavy (non-hydrogen) atoms. The predicted molar refractivity (Wildman–Crippen MR) is 61.9 cm³/mol. The maximum Gasteiger partial charge on any atom is 0.0621 e. The molecule has 0 spiro atoms. The summed E-state index contributed by atoms with van der Waals surface area (Å²) >= 11 is 0. The van der Waals surface area contributed by atoms with Crippen molar-refractivity contribution in [1.82, 2.24) is 5.32 Å². The Kier molecular flexibility index (Phi) is 4.56. The fourth-order valence-corrected chi connectivity index (χ4v) is 2.23. The van der Waals surface area contributed by atoms with Gasteiger partial charge in [-0.15, -0.1) is 0 Å². The largest absolute Gasteiger partial charge is 0.392 e. The van der Waals surface area contributed by atoms with Crippen LogP contribution in [-0.2, 0) is 4.74 Å². The van der Waals surface area contributed by atoms with E-state index in [1.807, 2.05) is 0 Å². The van der Waals surface area contributed by atoms with Crippen LogP contribution in [-0.4, -0.2) is 37.0 Å². The molecule has 0 bridgehead atoms. The third kappa shape index (κ3) is 2.92.